The molecular weight excluding hydrogens is 399 g/mol. The van der Waals surface area contributed by atoms with Crippen LogP contribution in [0.2, 0.25) is 0 Å². The minimum Gasteiger partial charge on any atom is -0.319 e. The molecule has 10 heteroatoms. The molecule has 1 fully saturated rings. The molecular formula is C20H16F3N5O2. The fraction of sp³-hybridized carbons (Fsp3) is 0.200. The molecule has 0 saturated carbocycles. The van der Waals surface area contributed by atoms with Crippen LogP contribution in [-0.2, 0) is 23.1 Å². The average molecular weight is 415 g/mol. The number of nitrogens with zero attached hydrogens (tertiary/aromatic N) is 4. The van der Waals surface area contributed by atoms with Gasteiger partial charge < -0.3 is 5.32 Å². The van der Waals surface area contributed by atoms with Crippen LogP contribution in [0, 0.1) is 0 Å². The third kappa shape index (κ3) is 3.30. The molecule has 0 aliphatic carbocycles. The molecule has 1 aromatic heterocycles. The van der Waals surface area contributed by atoms with Crippen molar-refractivity contribution < 1.29 is 22.8 Å². The summed E-state index contributed by atoms with van der Waals surface area (Å²) in [6.07, 6.45) is -3.27. The summed E-state index contributed by atoms with van der Waals surface area (Å²) < 4.78 is 40.3. The van der Waals surface area contributed by atoms with Crippen LogP contribution in [0.25, 0.3) is 5.69 Å². The quantitative estimate of drug-likeness (QED) is 0.664. The van der Waals surface area contributed by atoms with Gasteiger partial charge in [-0.05, 0) is 30.7 Å². The van der Waals surface area contributed by atoms with Crippen molar-refractivity contribution >= 4 is 11.9 Å². The topological polar surface area (TPSA) is 80.1 Å². The first-order chi connectivity index (χ1) is 14.2. The van der Waals surface area contributed by atoms with Crippen LogP contribution in [0.1, 0.15) is 23.7 Å². The Morgan fingerprint density at radius 1 is 1.03 bits per heavy atom. The smallest absolute Gasteiger partial charge is 0.319 e. The minimum atomic E-state index is -4.67. The van der Waals surface area contributed by atoms with Crippen molar-refractivity contribution in [3.63, 3.8) is 0 Å². The van der Waals surface area contributed by atoms with Gasteiger partial charge in [0.15, 0.2) is 0 Å². The number of nitrogens with one attached hydrogen (secondary N) is 1. The molecule has 1 aliphatic rings. The van der Waals surface area contributed by atoms with Crippen molar-refractivity contribution in [1.82, 2.24) is 25.2 Å². The van der Waals surface area contributed by atoms with Gasteiger partial charge in [-0.3, -0.25) is 9.69 Å². The molecule has 154 valence electrons. The van der Waals surface area contributed by atoms with Gasteiger partial charge in [0.25, 0.3) is 5.91 Å². The van der Waals surface area contributed by atoms with E-state index in [1.54, 1.807) is 24.3 Å². The molecule has 0 spiro atoms. The summed E-state index contributed by atoms with van der Waals surface area (Å²) in [7, 11) is 0. The van der Waals surface area contributed by atoms with E-state index >= 15 is 0 Å². The Kier molecular flexibility index (Phi) is 4.56. The molecule has 1 atom stereocenters. The third-order valence-electron chi connectivity index (χ3n) is 4.89. The first-order valence-electron chi connectivity index (χ1n) is 8.97. The van der Waals surface area contributed by atoms with E-state index in [9.17, 15) is 22.8 Å². The largest absolute Gasteiger partial charge is 0.416 e. The summed E-state index contributed by atoms with van der Waals surface area (Å²) in [5.41, 5.74) is -2.14. The fourth-order valence-corrected chi connectivity index (χ4v) is 3.40. The lowest BCUT2D eigenvalue weighted by Crippen LogP contribution is -2.42. The highest BCUT2D eigenvalue weighted by molar-refractivity contribution is 6.07. The zero-order chi connectivity index (χ0) is 21.5. The SMILES string of the molecule is C[C@]1(c2ccccc2C(F)(F)F)NC(=O)N(Cc2cnn(-c3ccccc3)n2)C1=O. The summed E-state index contributed by atoms with van der Waals surface area (Å²) in [6, 6.07) is 12.9. The number of imide groups is 1. The number of urea groups is 1. The molecule has 0 unspecified atom stereocenters. The second-order valence-electron chi connectivity index (χ2n) is 6.95. The number of rotatable bonds is 4. The number of para-hydroxylation sites is 1. The molecule has 7 nitrogen and oxygen atoms in total. The Morgan fingerprint density at radius 3 is 2.40 bits per heavy atom. The standard InChI is InChI=1S/C20H16F3N5O2/c1-19(15-9-5-6-10-16(15)20(21,22)23)17(29)27(18(30)25-19)12-13-11-24-28(26-13)14-7-3-2-4-8-14/h2-11H,12H2,1H3,(H,25,30)/t19-/m1/s1. The Hall–Kier alpha value is -3.69. The molecule has 1 N–H and O–H groups in total. The monoisotopic (exact) mass is 415 g/mol. The number of carbonyl (C=O) groups is 2. The van der Waals surface area contributed by atoms with Gasteiger partial charge in [0.05, 0.1) is 24.0 Å². The molecule has 1 aliphatic heterocycles. The van der Waals surface area contributed by atoms with Crippen molar-refractivity contribution in [3.8, 4) is 5.69 Å². The maximum atomic E-state index is 13.4. The maximum absolute atomic E-state index is 13.4. The summed E-state index contributed by atoms with van der Waals surface area (Å²) in [4.78, 5) is 27.7. The van der Waals surface area contributed by atoms with Gasteiger partial charge in [-0.15, -0.1) is 0 Å². The Bertz CT molecular complexity index is 1110. The maximum Gasteiger partial charge on any atom is 0.416 e. The van der Waals surface area contributed by atoms with Crippen LogP contribution in [0.5, 0.6) is 0 Å². The van der Waals surface area contributed by atoms with Crippen molar-refractivity contribution in [3.05, 3.63) is 77.6 Å². The number of hydrogen-bond donors (Lipinski definition) is 1. The first kappa shape index (κ1) is 19.6. The van der Waals surface area contributed by atoms with Crippen LogP contribution in [0.4, 0.5) is 18.0 Å². The molecule has 0 radical (unpaired) electrons. The van der Waals surface area contributed by atoms with Crippen LogP contribution in [0.15, 0.2) is 60.8 Å². The van der Waals surface area contributed by atoms with Gasteiger partial charge in [-0.2, -0.15) is 28.2 Å². The highest BCUT2D eigenvalue weighted by Crippen LogP contribution is 2.39. The Balaban J connectivity index is 1.62. The van der Waals surface area contributed by atoms with E-state index < -0.39 is 29.2 Å². The second kappa shape index (κ2) is 6.97. The van der Waals surface area contributed by atoms with Gasteiger partial charge in [-0.25, -0.2) is 4.79 Å². The van der Waals surface area contributed by atoms with Crippen LogP contribution >= 0.6 is 0 Å². The molecule has 0 bridgehead atoms. The van der Waals surface area contributed by atoms with Gasteiger partial charge in [0.2, 0.25) is 0 Å². The fourth-order valence-electron chi connectivity index (χ4n) is 3.40. The predicted molar refractivity (Wildman–Crippen MR) is 99.2 cm³/mol. The van der Waals surface area contributed by atoms with E-state index in [2.05, 4.69) is 15.5 Å². The second-order valence-corrected chi connectivity index (χ2v) is 6.95. The van der Waals surface area contributed by atoms with Crippen LogP contribution in [0.3, 0.4) is 0 Å². The molecule has 2 heterocycles. The van der Waals surface area contributed by atoms with E-state index in [0.717, 1.165) is 11.0 Å². The van der Waals surface area contributed by atoms with Crippen molar-refractivity contribution in [2.45, 2.75) is 25.2 Å². The normalized spacial score (nSPS) is 19.3. The molecule has 2 aromatic carbocycles. The van der Waals surface area contributed by atoms with E-state index in [0.29, 0.717) is 11.4 Å². The van der Waals surface area contributed by atoms with Gasteiger partial charge in [0, 0.05) is 0 Å². The number of alkyl halides is 3. The Morgan fingerprint density at radius 2 is 1.70 bits per heavy atom. The van der Waals surface area contributed by atoms with Gasteiger partial charge >= 0.3 is 12.2 Å². The van der Waals surface area contributed by atoms with Crippen molar-refractivity contribution in [2.24, 2.45) is 0 Å². The number of carbonyl (C=O) groups excluding carboxylic acids is 2. The highest BCUT2D eigenvalue weighted by atomic mass is 19.4. The summed E-state index contributed by atoms with van der Waals surface area (Å²) in [6.45, 7) is 1.04. The Labute approximate surface area is 169 Å². The zero-order valence-electron chi connectivity index (χ0n) is 15.7. The number of amides is 3. The third-order valence-corrected chi connectivity index (χ3v) is 4.89. The molecule has 3 aromatic rings. The van der Waals surface area contributed by atoms with Crippen molar-refractivity contribution in [1.29, 1.82) is 0 Å². The predicted octanol–water partition coefficient (Wildman–Crippen LogP) is 3.25. The molecule has 4 rings (SSSR count). The lowest BCUT2D eigenvalue weighted by atomic mass is 9.87. The number of benzene rings is 2. The number of halogens is 3. The van der Waals surface area contributed by atoms with Crippen LogP contribution in [-0.4, -0.2) is 31.8 Å². The van der Waals surface area contributed by atoms with E-state index in [1.165, 1.54) is 36.1 Å². The molecule has 3 amide bonds. The summed E-state index contributed by atoms with van der Waals surface area (Å²) in [5.74, 6) is -0.793. The summed E-state index contributed by atoms with van der Waals surface area (Å²) in [5, 5.41) is 10.7. The lowest BCUT2D eigenvalue weighted by Gasteiger charge is -2.25. The summed E-state index contributed by atoms with van der Waals surface area (Å²) >= 11 is 0. The first-order valence-corrected chi connectivity index (χ1v) is 8.97. The van der Waals surface area contributed by atoms with Crippen LogP contribution < -0.4 is 5.32 Å². The van der Waals surface area contributed by atoms with E-state index in [-0.39, 0.29) is 12.1 Å². The molecule has 1 saturated heterocycles. The molecule has 30 heavy (non-hydrogen) atoms. The minimum absolute atomic E-state index is 0.221. The zero-order valence-corrected chi connectivity index (χ0v) is 15.7. The average Bonchev–Trinajstić information content (AvgIpc) is 3.27. The van der Waals surface area contributed by atoms with Crippen molar-refractivity contribution in [2.75, 3.05) is 0 Å². The van der Waals surface area contributed by atoms with Gasteiger partial charge in [0.1, 0.15) is 11.2 Å². The van der Waals surface area contributed by atoms with Gasteiger partial charge in [-0.1, -0.05) is 36.4 Å². The van der Waals surface area contributed by atoms with E-state index in [4.69, 9.17) is 0 Å². The number of aromatic nitrogens is 3. The van der Waals surface area contributed by atoms with E-state index in [1.807, 2.05) is 6.07 Å². The number of hydrogen-bond acceptors (Lipinski definition) is 4. The lowest BCUT2D eigenvalue weighted by molar-refractivity contribution is -0.140. The highest BCUT2D eigenvalue weighted by Gasteiger charge is 2.52.